The fraction of sp³-hybridized carbons (Fsp3) is 0.0492. The predicted molar refractivity (Wildman–Crippen MR) is 275 cm³/mol. The van der Waals surface area contributed by atoms with Gasteiger partial charge in [-0.05, 0) is 110 Å². The molecule has 0 N–H and O–H groups in total. The van der Waals surface area contributed by atoms with Crippen molar-refractivity contribution in [1.29, 1.82) is 0 Å². The minimum atomic E-state index is -0.149. The highest BCUT2D eigenvalue weighted by molar-refractivity contribution is 7.26. The monoisotopic (exact) mass is 849 g/mol. The van der Waals surface area contributed by atoms with Crippen LogP contribution < -0.4 is 4.90 Å². The Bertz CT molecular complexity index is 4110. The predicted octanol–water partition coefficient (Wildman–Crippen LogP) is 18.1. The number of rotatable bonds is 5. The first-order valence-corrected chi connectivity index (χ1v) is 23.1. The van der Waals surface area contributed by atoms with E-state index in [1.54, 1.807) is 0 Å². The SMILES string of the molecule is CC1(C)c2ccccc2-c2ccc(N(c3ccc(-c4cccc5c4sc4ccccc45)cc3)c3ccc4c(c3)oc3c(-c5ccc6ccccc6c5)c5c(cc34)oc3ccccc35)cc21. The molecule has 10 aromatic carbocycles. The maximum absolute atomic E-state index is 7.16. The molecule has 65 heavy (non-hydrogen) atoms. The topological polar surface area (TPSA) is 29.5 Å². The Kier molecular flexibility index (Phi) is 7.62. The average molecular weight is 850 g/mol. The number of anilines is 3. The molecule has 3 heterocycles. The maximum atomic E-state index is 7.16. The summed E-state index contributed by atoms with van der Waals surface area (Å²) in [6.07, 6.45) is 0. The standard InChI is InChI=1S/C61H39NO2S/c1-61(2)51-19-8-5-14-44(51)45-30-28-41(33-52(45)61)62(40-26-24-37(25-27-40)43-17-11-18-48-47-15-7-10-21-56(47)65-60(43)48)42-29-31-46-50-35-55-58(49-16-6-9-20-53(49)63-55)57(59(50)64-54(46)34-42)39-23-22-36-12-3-4-13-38(36)32-39/h3-35H,1-2H3. The molecule has 0 atom stereocenters. The van der Waals surface area contributed by atoms with Crippen molar-refractivity contribution in [2.24, 2.45) is 0 Å². The minimum absolute atomic E-state index is 0.149. The number of furan rings is 2. The Labute approximate surface area is 379 Å². The van der Waals surface area contributed by atoms with Crippen LogP contribution in [0.4, 0.5) is 17.1 Å². The van der Waals surface area contributed by atoms with Crippen molar-refractivity contribution < 1.29 is 8.83 Å². The van der Waals surface area contributed by atoms with Gasteiger partial charge in [-0.2, -0.15) is 0 Å². The van der Waals surface area contributed by atoms with E-state index in [0.717, 1.165) is 72.1 Å². The zero-order chi connectivity index (χ0) is 43.0. The van der Waals surface area contributed by atoms with Crippen LogP contribution in [0.2, 0.25) is 0 Å². The van der Waals surface area contributed by atoms with Gasteiger partial charge in [0, 0.05) is 75.8 Å². The first kappa shape index (κ1) is 36.6. The van der Waals surface area contributed by atoms with Gasteiger partial charge in [-0.3, -0.25) is 0 Å². The number of fused-ring (bicyclic) bond motifs is 13. The number of hydrogen-bond acceptors (Lipinski definition) is 4. The fourth-order valence-corrected chi connectivity index (χ4v) is 12.1. The van der Waals surface area contributed by atoms with Gasteiger partial charge in [0.25, 0.3) is 0 Å². The maximum Gasteiger partial charge on any atom is 0.144 e. The van der Waals surface area contributed by atoms with Gasteiger partial charge >= 0.3 is 0 Å². The molecule has 0 saturated heterocycles. The summed E-state index contributed by atoms with van der Waals surface area (Å²) in [7, 11) is 0. The molecule has 0 saturated carbocycles. The zero-order valence-corrected chi connectivity index (χ0v) is 36.5. The third-order valence-electron chi connectivity index (χ3n) is 14.0. The summed E-state index contributed by atoms with van der Waals surface area (Å²) in [5.74, 6) is 0. The van der Waals surface area contributed by atoms with E-state index >= 15 is 0 Å². The van der Waals surface area contributed by atoms with E-state index < -0.39 is 0 Å². The minimum Gasteiger partial charge on any atom is -0.456 e. The second-order valence-corrected chi connectivity index (χ2v) is 19.1. The third-order valence-corrected chi connectivity index (χ3v) is 15.3. The van der Waals surface area contributed by atoms with E-state index in [2.05, 4.69) is 213 Å². The summed E-state index contributed by atoms with van der Waals surface area (Å²) in [6, 6.07) is 72.8. The highest BCUT2D eigenvalue weighted by Gasteiger charge is 2.36. The molecule has 0 aliphatic heterocycles. The molecule has 3 nitrogen and oxygen atoms in total. The number of para-hydroxylation sites is 1. The van der Waals surface area contributed by atoms with Gasteiger partial charge in [0.2, 0.25) is 0 Å². The van der Waals surface area contributed by atoms with E-state index in [1.807, 2.05) is 17.4 Å². The molecule has 0 unspecified atom stereocenters. The molecule has 306 valence electrons. The molecule has 0 radical (unpaired) electrons. The molecule has 13 aromatic rings. The first-order valence-electron chi connectivity index (χ1n) is 22.3. The van der Waals surface area contributed by atoms with Crippen LogP contribution in [0.5, 0.6) is 0 Å². The van der Waals surface area contributed by atoms with Gasteiger partial charge in [-0.25, -0.2) is 0 Å². The van der Waals surface area contributed by atoms with Crippen LogP contribution in [0.3, 0.4) is 0 Å². The van der Waals surface area contributed by atoms with Crippen molar-refractivity contribution in [2.75, 3.05) is 4.90 Å². The molecule has 0 spiro atoms. The summed E-state index contributed by atoms with van der Waals surface area (Å²) in [6.45, 7) is 4.70. The van der Waals surface area contributed by atoms with Crippen molar-refractivity contribution in [2.45, 2.75) is 19.3 Å². The number of thiophene rings is 1. The Balaban J connectivity index is 0.968. The highest BCUT2D eigenvalue weighted by Crippen LogP contribution is 2.52. The van der Waals surface area contributed by atoms with Crippen LogP contribution in [0, 0.1) is 0 Å². The van der Waals surface area contributed by atoms with Crippen molar-refractivity contribution in [1.82, 2.24) is 0 Å². The van der Waals surface area contributed by atoms with Gasteiger partial charge in [0.15, 0.2) is 0 Å². The van der Waals surface area contributed by atoms with Gasteiger partial charge in [-0.15, -0.1) is 11.3 Å². The smallest absolute Gasteiger partial charge is 0.144 e. The van der Waals surface area contributed by atoms with Gasteiger partial charge in [-0.1, -0.05) is 147 Å². The summed E-state index contributed by atoms with van der Waals surface area (Å²) < 4.78 is 16.4. The number of hydrogen-bond donors (Lipinski definition) is 0. The summed E-state index contributed by atoms with van der Waals surface area (Å²) in [5.41, 5.74) is 16.3. The van der Waals surface area contributed by atoms with E-state index in [4.69, 9.17) is 8.83 Å². The molecule has 3 aromatic heterocycles. The van der Waals surface area contributed by atoms with Crippen LogP contribution in [0.1, 0.15) is 25.0 Å². The van der Waals surface area contributed by atoms with Gasteiger partial charge < -0.3 is 13.7 Å². The normalized spacial score (nSPS) is 13.2. The average Bonchev–Trinajstić information content (AvgIpc) is 4.09. The Morgan fingerprint density at radius 1 is 0.415 bits per heavy atom. The van der Waals surface area contributed by atoms with Crippen LogP contribution >= 0.6 is 11.3 Å². The van der Waals surface area contributed by atoms with E-state index in [0.29, 0.717) is 0 Å². The van der Waals surface area contributed by atoms with Gasteiger partial charge in [0.1, 0.15) is 22.3 Å². The van der Waals surface area contributed by atoms with Crippen LogP contribution in [-0.2, 0) is 5.41 Å². The number of nitrogens with zero attached hydrogens (tertiary/aromatic N) is 1. The molecule has 1 aliphatic rings. The summed E-state index contributed by atoms with van der Waals surface area (Å²) in [5, 5.41) is 9.23. The highest BCUT2D eigenvalue weighted by atomic mass is 32.1. The molecule has 4 heteroatoms. The van der Waals surface area contributed by atoms with Crippen LogP contribution in [0.15, 0.2) is 209 Å². The second-order valence-electron chi connectivity index (χ2n) is 18.0. The third kappa shape index (κ3) is 5.35. The molecule has 0 amide bonds. The summed E-state index contributed by atoms with van der Waals surface area (Å²) >= 11 is 1.87. The number of benzene rings is 10. The Hall–Kier alpha value is -7.92. The van der Waals surface area contributed by atoms with Gasteiger partial charge in [0.05, 0.1) is 0 Å². The molecule has 0 bridgehead atoms. The fourth-order valence-electron chi connectivity index (χ4n) is 10.9. The Morgan fingerprint density at radius 2 is 1.11 bits per heavy atom. The largest absolute Gasteiger partial charge is 0.456 e. The molecule has 14 rings (SSSR count). The molecule has 1 aliphatic carbocycles. The lowest BCUT2D eigenvalue weighted by Gasteiger charge is -2.28. The van der Waals surface area contributed by atoms with Crippen molar-refractivity contribution in [3.05, 3.63) is 211 Å². The second kappa shape index (κ2) is 13.5. The molecular weight excluding hydrogens is 811 g/mol. The van der Waals surface area contributed by atoms with Crippen LogP contribution in [0.25, 0.3) is 108 Å². The van der Waals surface area contributed by atoms with E-state index in [1.165, 1.54) is 64.3 Å². The van der Waals surface area contributed by atoms with Crippen molar-refractivity contribution in [3.8, 4) is 33.4 Å². The molecular formula is C61H39NO2S. The summed E-state index contributed by atoms with van der Waals surface area (Å²) in [4.78, 5) is 2.39. The van der Waals surface area contributed by atoms with Crippen molar-refractivity contribution in [3.63, 3.8) is 0 Å². The lowest BCUT2D eigenvalue weighted by molar-refractivity contribution is 0.660. The van der Waals surface area contributed by atoms with E-state index in [9.17, 15) is 0 Å². The zero-order valence-electron chi connectivity index (χ0n) is 35.7. The van der Waals surface area contributed by atoms with E-state index in [-0.39, 0.29) is 5.41 Å². The Morgan fingerprint density at radius 3 is 2.02 bits per heavy atom. The van der Waals surface area contributed by atoms with Crippen LogP contribution in [-0.4, -0.2) is 0 Å². The molecule has 0 fully saturated rings. The lowest BCUT2D eigenvalue weighted by atomic mass is 9.82. The lowest BCUT2D eigenvalue weighted by Crippen LogP contribution is -2.16. The first-order chi connectivity index (χ1) is 32.0. The van der Waals surface area contributed by atoms with Crippen molar-refractivity contribution >= 4 is 103 Å². The quantitative estimate of drug-likeness (QED) is 0.173.